The zero-order chi connectivity index (χ0) is 18.3. The number of fused-ring (bicyclic) bond motifs is 2. The molecule has 6 nitrogen and oxygen atoms in total. The van der Waals surface area contributed by atoms with Gasteiger partial charge in [0, 0.05) is 28.7 Å². The monoisotopic (exact) mass is 372 g/mol. The molecule has 0 atom stereocenters. The minimum absolute atomic E-state index is 0.0835. The third-order valence-electron chi connectivity index (χ3n) is 3.91. The summed E-state index contributed by atoms with van der Waals surface area (Å²) in [5.41, 5.74) is 0.709. The first-order valence-electron chi connectivity index (χ1n) is 7.50. The van der Waals surface area contributed by atoms with Crippen LogP contribution in [0.25, 0.3) is 21.8 Å². The van der Waals surface area contributed by atoms with Crippen LogP contribution in [0.15, 0.2) is 64.9 Å². The van der Waals surface area contributed by atoms with Crippen molar-refractivity contribution in [2.45, 2.75) is 16.6 Å². The fourth-order valence-electron chi connectivity index (χ4n) is 2.78. The Morgan fingerprint density at radius 2 is 1.92 bits per heavy atom. The van der Waals surface area contributed by atoms with Crippen molar-refractivity contribution in [1.82, 2.24) is 14.5 Å². The Morgan fingerprint density at radius 3 is 2.69 bits per heavy atom. The number of nitro groups is 1. The summed E-state index contributed by atoms with van der Waals surface area (Å²) in [4.78, 5) is 19.5. The normalized spacial score (nSPS) is 11.5. The van der Waals surface area contributed by atoms with E-state index in [-0.39, 0.29) is 10.8 Å². The maximum absolute atomic E-state index is 13.6. The van der Waals surface area contributed by atoms with Gasteiger partial charge in [-0.25, -0.2) is 4.98 Å². The van der Waals surface area contributed by atoms with Gasteiger partial charge < -0.3 is 0 Å². The van der Waals surface area contributed by atoms with Crippen molar-refractivity contribution in [2.24, 2.45) is 0 Å². The Hall–Kier alpha value is -3.07. The van der Waals surface area contributed by atoms with Crippen molar-refractivity contribution < 1.29 is 13.7 Å². The first-order chi connectivity index (χ1) is 12.6. The van der Waals surface area contributed by atoms with Gasteiger partial charge in [-0.2, -0.15) is 8.78 Å². The second kappa shape index (κ2) is 6.34. The van der Waals surface area contributed by atoms with Crippen LogP contribution < -0.4 is 0 Å². The molecule has 130 valence electrons. The van der Waals surface area contributed by atoms with Crippen molar-refractivity contribution in [1.29, 1.82) is 0 Å². The number of para-hydroxylation sites is 2. The Labute approximate surface area is 149 Å². The molecule has 0 aliphatic carbocycles. The number of imidazole rings is 1. The van der Waals surface area contributed by atoms with Crippen molar-refractivity contribution in [3.8, 4) is 0 Å². The van der Waals surface area contributed by atoms with Crippen LogP contribution >= 0.6 is 11.8 Å². The number of hydrogen-bond acceptors (Lipinski definition) is 5. The van der Waals surface area contributed by atoms with Crippen LogP contribution in [-0.4, -0.2) is 19.5 Å². The molecule has 4 rings (SSSR count). The highest BCUT2D eigenvalue weighted by atomic mass is 32.2. The van der Waals surface area contributed by atoms with Gasteiger partial charge in [-0.1, -0.05) is 23.9 Å². The fraction of sp³-hybridized carbons (Fsp3) is 0.0588. The number of non-ortho nitro benzene ring substituents is 1. The highest BCUT2D eigenvalue weighted by Gasteiger charge is 2.21. The summed E-state index contributed by atoms with van der Waals surface area (Å²) in [5, 5.41) is 12.2. The molecule has 2 aromatic carbocycles. The highest BCUT2D eigenvalue weighted by Crippen LogP contribution is 2.39. The van der Waals surface area contributed by atoms with Crippen molar-refractivity contribution in [3.63, 3.8) is 0 Å². The van der Waals surface area contributed by atoms with Crippen LogP contribution in [-0.2, 0) is 0 Å². The van der Waals surface area contributed by atoms with Crippen molar-refractivity contribution in [2.75, 3.05) is 0 Å². The van der Waals surface area contributed by atoms with E-state index in [1.165, 1.54) is 18.5 Å². The van der Waals surface area contributed by atoms with E-state index in [4.69, 9.17) is 0 Å². The number of hydrogen-bond donors (Lipinski definition) is 0. The lowest BCUT2D eigenvalue weighted by molar-refractivity contribution is -0.383. The molecule has 0 amide bonds. The summed E-state index contributed by atoms with van der Waals surface area (Å²) in [6.07, 6.45) is 2.90. The summed E-state index contributed by atoms with van der Waals surface area (Å²) in [5.74, 6) is 0. The zero-order valence-electron chi connectivity index (χ0n) is 13.0. The predicted octanol–water partition coefficient (Wildman–Crippen LogP) is 5.04. The topological polar surface area (TPSA) is 73.8 Å². The second-order valence-corrected chi connectivity index (χ2v) is 6.40. The lowest BCUT2D eigenvalue weighted by atomic mass is 10.1. The average molecular weight is 372 g/mol. The molecular formula is C17H10F2N4O2S. The van der Waals surface area contributed by atoms with Crippen LogP contribution in [0.4, 0.5) is 14.5 Å². The zero-order valence-corrected chi connectivity index (χ0v) is 13.9. The third-order valence-corrected chi connectivity index (χ3v) is 4.96. The number of nitrogens with zero attached hydrogens (tertiary/aromatic N) is 4. The summed E-state index contributed by atoms with van der Waals surface area (Å²) in [7, 11) is 0. The second-order valence-electron chi connectivity index (χ2n) is 5.39. The smallest absolute Gasteiger partial charge is 0.264 e. The molecule has 2 aromatic heterocycles. The Kier molecular flexibility index (Phi) is 4.00. The van der Waals surface area contributed by atoms with E-state index in [9.17, 15) is 18.9 Å². The van der Waals surface area contributed by atoms with E-state index in [1.54, 1.807) is 36.4 Å². The standard InChI is InChI=1S/C17H10F2N4O2S/c18-16(19)22-14-4-2-1-3-12(14)21-17(22)26-15-6-5-13(23(24)25)11-9-20-8-7-10(11)15/h1-9,16H. The minimum Gasteiger partial charge on any atom is -0.264 e. The highest BCUT2D eigenvalue weighted by molar-refractivity contribution is 7.99. The van der Waals surface area contributed by atoms with Crippen LogP contribution in [0.3, 0.4) is 0 Å². The molecule has 0 spiro atoms. The quantitative estimate of drug-likeness (QED) is 0.371. The van der Waals surface area contributed by atoms with Gasteiger partial charge in [0.05, 0.1) is 21.3 Å². The number of pyridine rings is 1. The van der Waals surface area contributed by atoms with E-state index >= 15 is 0 Å². The van der Waals surface area contributed by atoms with Gasteiger partial charge in [0.2, 0.25) is 0 Å². The molecule has 4 aromatic rings. The van der Waals surface area contributed by atoms with Gasteiger partial charge in [-0.05, 0) is 24.3 Å². The maximum Gasteiger partial charge on any atom is 0.321 e. The lowest BCUT2D eigenvalue weighted by Crippen LogP contribution is -2.00. The Bertz CT molecular complexity index is 1150. The molecule has 0 bridgehead atoms. The first-order valence-corrected chi connectivity index (χ1v) is 8.32. The minimum atomic E-state index is -2.75. The fourth-order valence-corrected chi connectivity index (χ4v) is 3.82. The molecular weight excluding hydrogens is 362 g/mol. The van der Waals surface area contributed by atoms with Crippen molar-refractivity contribution >= 4 is 39.3 Å². The largest absolute Gasteiger partial charge is 0.321 e. The van der Waals surface area contributed by atoms with E-state index in [1.807, 2.05) is 0 Å². The molecule has 2 heterocycles. The van der Waals surface area contributed by atoms with Crippen LogP contribution in [0.1, 0.15) is 6.55 Å². The molecule has 0 aliphatic rings. The summed E-state index contributed by atoms with van der Waals surface area (Å²) < 4.78 is 28.0. The van der Waals surface area contributed by atoms with Gasteiger partial charge in [-0.15, -0.1) is 0 Å². The summed E-state index contributed by atoms with van der Waals surface area (Å²) >= 11 is 1.04. The molecule has 0 radical (unpaired) electrons. The third kappa shape index (κ3) is 2.66. The Morgan fingerprint density at radius 1 is 1.12 bits per heavy atom. The Balaban J connectivity index is 1.89. The number of nitro benzene ring substituents is 1. The lowest BCUT2D eigenvalue weighted by Gasteiger charge is -2.09. The van der Waals surface area contributed by atoms with Crippen LogP contribution in [0.2, 0.25) is 0 Å². The number of halogens is 2. The number of benzene rings is 2. The molecule has 26 heavy (non-hydrogen) atoms. The van der Waals surface area contributed by atoms with Gasteiger partial charge in [0.15, 0.2) is 5.16 Å². The molecule has 0 saturated carbocycles. The van der Waals surface area contributed by atoms with Gasteiger partial charge in [-0.3, -0.25) is 19.7 Å². The first kappa shape index (κ1) is 16.4. The van der Waals surface area contributed by atoms with E-state index in [0.29, 0.717) is 26.7 Å². The maximum atomic E-state index is 13.6. The molecule has 0 aliphatic heterocycles. The average Bonchev–Trinajstić information content (AvgIpc) is 2.99. The van der Waals surface area contributed by atoms with Crippen LogP contribution in [0.5, 0.6) is 0 Å². The number of aromatic nitrogens is 3. The molecule has 0 N–H and O–H groups in total. The SMILES string of the molecule is O=[N+]([O-])c1ccc(Sc2nc3ccccc3n2C(F)F)c2ccncc12. The van der Waals surface area contributed by atoms with Crippen LogP contribution in [0, 0.1) is 10.1 Å². The predicted molar refractivity (Wildman–Crippen MR) is 93.5 cm³/mol. The van der Waals surface area contributed by atoms with E-state index in [0.717, 1.165) is 16.3 Å². The molecule has 0 saturated heterocycles. The number of rotatable bonds is 4. The number of alkyl halides is 2. The summed E-state index contributed by atoms with van der Waals surface area (Å²) in [6, 6.07) is 11.2. The molecule has 9 heteroatoms. The van der Waals surface area contributed by atoms with Gasteiger partial charge in [0.25, 0.3) is 5.69 Å². The van der Waals surface area contributed by atoms with Gasteiger partial charge in [0.1, 0.15) is 0 Å². The van der Waals surface area contributed by atoms with E-state index < -0.39 is 11.5 Å². The van der Waals surface area contributed by atoms with E-state index in [2.05, 4.69) is 9.97 Å². The molecule has 0 fully saturated rings. The van der Waals surface area contributed by atoms with Gasteiger partial charge >= 0.3 is 6.55 Å². The summed E-state index contributed by atoms with van der Waals surface area (Å²) in [6.45, 7) is -2.75. The molecule has 0 unspecified atom stereocenters. The van der Waals surface area contributed by atoms with Crippen molar-refractivity contribution in [3.05, 3.63) is 65.0 Å².